The summed E-state index contributed by atoms with van der Waals surface area (Å²) in [4.78, 5) is 137. The predicted octanol–water partition coefficient (Wildman–Crippen LogP) is -5.01. The number of carbonyl (C=O) groups excluding carboxylic acids is 6. The third-order valence-electron chi connectivity index (χ3n) is 15.6. The highest BCUT2D eigenvalue weighted by atomic mass is 32.2. The van der Waals surface area contributed by atoms with E-state index in [2.05, 4.69) is 32.1 Å². The zero-order valence-electron chi connectivity index (χ0n) is 55.6. The lowest BCUT2D eigenvalue weighted by molar-refractivity contribution is -0.140. The number of aromatic nitrogens is 1. The number of benzene rings is 2. The van der Waals surface area contributed by atoms with Crippen LogP contribution in [0.3, 0.4) is 0 Å². The number of anilines is 1. The molecule has 2 aliphatic heterocycles. The molecule has 2 aromatic carbocycles. The number of carboxylic acids is 4. The van der Waals surface area contributed by atoms with Crippen LogP contribution in [0.25, 0.3) is 0 Å². The van der Waals surface area contributed by atoms with Crippen molar-refractivity contribution in [3.8, 4) is 5.75 Å². The summed E-state index contributed by atoms with van der Waals surface area (Å²) in [6, 6.07) is 4.38. The molecule has 0 aliphatic carbocycles. The van der Waals surface area contributed by atoms with Gasteiger partial charge in [0, 0.05) is 96.2 Å². The first-order valence-electron chi connectivity index (χ1n) is 31.6. The Balaban J connectivity index is 1.11. The lowest BCUT2D eigenvalue weighted by Gasteiger charge is -2.33. The molecule has 2 aliphatic rings. The Morgan fingerprint density at radius 3 is 1.51 bits per heavy atom. The van der Waals surface area contributed by atoms with Gasteiger partial charge in [-0.15, -0.1) is 0 Å². The van der Waals surface area contributed by atoms with Crippen molar-refractivity contribution in [2.45, 2.75) is 81.4 Å². The standard InChI is InChI=1S/C59H85N13O26S4/c1-37-27-43(28-38(2)53(37)102(96,97)68-44(59(85)86)29-63-55(81)41-10-7-39(8-11-41)9-13-42-14-12-40-5-3-15-61-54(40)64-42)98-26-4-6-48(73)60-16-17-62-56(82)45(34-99(87,88)89)66-58(84)47(36-101(93,94)95)67-57(83)46(35-100(90,91)92)65-49(74)30-69-18-20-70(31-50(75)76)22-24-72(33-52(79)80)25-23-71(21-19-69)32-51(77)78/h7-8,10-12,14,27-28,44-47,68H,3-6,9,13,15-26,29-36H2,1-2H3,(H,60,73)(H,61,64)(H,62,82)(H,63,81)(H,65,74)(H,66,84)(H,67,83)(H,75,76)(H,77,78)(H,79,80)(H,85,86)(H,87,88,89)(H,90,91,92)(H,93,94,95)/t44-,45?,46-,47-/m0/s1. The van der Waals surface area contributed by atoms with Crippen LogP contribution in [0.15, 0.2) is 53.4 Å². The summed E-state index contributed by atoms with van der Waals surface area (Å²) in [6.07, 6.45) is 3.17. The first-order valence-corrected chi connectivity index (χ1v) is 38.0. The summed E-state index contributed by atoms with van der Waals surface area (Å²) < 4.78 is 137. The van der Waals surface area contributed by atoms with Gasteiger partial charge in [-0.05, 0) is 98.5 Å². The maximum atomic E-state index is 13.7. The Kier molecular flexibility index (Phi) is 32.2. The van der Waals surface area contributed by atoms with Gasteiger partial charge in [-0.3, -0.25) is 81.2 Å². The summed E-state index contributed by atoms with van der Waals surface area (Å²) >= 11 is 0. The van der Waals surface area contributed by atoms with Crippen LogP contribution in [0.2, 0.25) is 0 Å². The molecule has 4 atom stereocenters. The molecule has 0 saturated carbocycles. The van der Waals surface area contributed by atoms with Gasteiger partial charge in [0.25, 0.3) is 36.3 Å². The van der Waals surface area contributed by atoms with Crippen molar-refractivity contribution < 1.29 is 120 Å². The van der Waals surface area contributed by atoms with E-state index in [4.69, 9.17) is 9.72 Å². The molecule has 5 rings (SSSR count). The molecule has 1 aromatic heterocycles. The molecule has 1 saturated heterocycles. The average molecular weight is 1520 g/mol. The quantitative estimate of drug-likeness (QED) is 0.0189. The molecule has 39 nitrogen and oxygen atoms in total. The number of carbonyl (C=O) groups is 10. The molecule has 3 aromatic rings. The fraction of sp³-hybridized carbons (Fsp3) is 0.542. The third kappa shape index (κ3) is 30.9. The minimum Gasteiger partial charge on any atom is -0.494 e. The predicted molar refractivity (Wildman–Crippen MR) is 359 cm³/mol. The first-order chi connectivity index (χ1) is 47.7. The number of amides is 6. The second-order valence-electron chi connectivity index (χ2n) is 24.0. The number of carboxylic acid groups (broad SMARTS) is 4. The lowest BCUT2D eigenvalue weighted by Crippen LogP contribution is -2.60. The maximum absolute atomic E-state index is 13.7. The average Bonchev–Trinajstić information content (AvgIpc) is 0.790. The number of ether oxygens (including phenoxy) is 1. The molecule has 6 amide bonds. The zero-order chi connectivity index (χ0) is 75.7. The van der Waals surface area contributed by atoms with Gasteiger partial charge < -0.3 is 62.4 Å². The highest BCUT2D eigenvalue weighted by Crippen LogP contribution is 2.27. The third-order valence-corrected chi connectivity index (χ3v) is 19.6. The second kappa shape index (κ2) is 39.1. The van der Waals surface area contributed by atoms with Crippen LogP contribution in [-0.2, 0) is 103 Å². The van der Waals surface area contributed by atoms with Gasteiger partial charge in [-0.2, -0.15) is 30.0 Å². The zero-order valence-corrected chi connectivity index (χ0v) is 58.8. The Labute approximate surface area is 587 Å². The SMILES string of the molecule is Cc1cc(OCCCC(=O)NCCNC(=O)C(CS(=O)(=O)O)NC(=O)[C@H](CS(=O)(=O)O)NC(=O)[C@H](CS(=O)(=O)O)NC(=O)CN2CCN(CC(=O)O)CCN(CC(=O)O)CCN(CC(=O)O)CC2)cc(C)c1S(=O)(=O)N[C@@H](CNC(=O)c1ccc(CCc2ccc3c(n2)NCCC3)cc1)C(=O)O. The topological polar surface area (TPSA) is 580 Å². The summed E-state index contributed by atoms with van der Waals surface area (Å²) in [5, 5.41) is 54.4. The van der Waals surface area contributed by atoms with Crippen LogP contribution >= 0.6 is 0 Å². The van der Waals surface area contributed by atoms with Crippen molar-refractivity contribution in [2.75, 3.05) is 134 Å². The van der Waals surface area contributed by atoms with E-state index in [1.54, 1.807) is 34.9 Å². The van der Waals surface area contributed by atoms with Crippen molar-refractivity contribution in [3.05, 3.63) is 82.0 Å². The van der Waals surface area contributed by atoms with Crippen molar-refractivity contribution in [1.29, 1.82) is 0 Å². The number of fused-ring (bicyclic) bond motifs is 1. The van der Waals surface area contributed by atoms with Gasteiger partial charge in [0.15, 0.2) is 0 Å². The molecule has 0 radical (unpaired) electrons. The van der Waals surface area contributed by atoms with E-state index in [9.17, 15) is 116 Å². The van der Waals surface area contributed by atoms with E-state index >= 15 is 0 Å². The van der Waals surface area contributed by atoms with Crippen molar-refractivity contribution >= 4 is 106 Å². The molecule has 43 heteroatoms. The monoisotopic (exact) mass is 1520 g/mol. The smallest absolute Gasteiger partial charge is 0.323 e. The molecule has 566 valence electrons. The van der Waals surface area contributed by atoms with Crippen molar-refractivity contribution in [3.63, 3.8) is 0 Å². The fourth-order valence-corrected chi connectivity index (χ4v) is 14.3. The highest BCUT2D eigenvalue weighted by Gasteiger charge is 2.36. The molecule has 3 heterocycles. The summed E-state index contributed by atoms with van der Waals surface area (Å²) in [7, 11) is -20.4. The number of pyridine rings is 1. The number of aryl methyl sites for hydroxylation is 5. The van der Waals surface area contributed by atoms with E-state index in [0.717, 1.165) is 36.5 Å². The molecule has 102 heavy (non-hydrogen) atoms. The van der Waals surface area contributed by atoms with Crippen molar-refractivity contribution in [2.24, 2.45) is 0 Å². The van der Waals surface area contributed by atoms with E-state index in [-0.39, 0.29) is 106 Å². The van der Waals surface area contributed by atoms with Crippen LogP contribution in [0.1, 0.15) is 57.6 Å². The number of hydrogen-bond donors (Lipinski definition) is 15. The van der Waals surface area contributed by atoms with Crippen molar-refractivity contribution in [1.82, 2.24) is 61.2 Å². The van der Waals surface area contributed by atoms with Crippen LogP contribution in [0.5, 0.6) is 5.75 Å². The summed E-state index contributed by atoms with van der Waals surface area (Å²) in [5.74, 6) is -16.7. The van der Waals surface area contributed by atoms with Gasteiger partial charge in [-0.1, -0.05) is 18.2 Å². The molecule has 0 bridgehead atoms. The first kappa shape index (κ1) is 84.0. The lowest BCUT2D eigenvalue weighted by atomic mass is 10.0. The van der Waals surface area contributed by atoms with E-state index in [1.807, 2.05) is 11.4 Å². The largest absolute Gasteiger partial charge is 0.494 e. The van der Waals surface area contributed by atoms with Gasteiger partial charge in [0.1, 0.15) is 53.0 Å². The van der Waals surface area contributed by atoms with E-state index in [0.29, 0.717) is 12.8 Å². The highest BCUT2D eigenvalue weighted by molar-refractivity contribution is 7.89. The maximum Gasteiger partial charge on any atom is 0.323 e. The van der Waals surface area contributed by atoms with E-state index < -0.39 is 180 Å². The fourth-order valence-electron chi connectivity index (χ4n) is 10.7. The van der Waals surface area contributed by atoms with Crippen LogP contribution in [-0.4, -0.2) is 304 Å². The molecular weight excluding hydrogens is 1430 g/mol. The number of hydrogen-bond acceptors (Lipinski definition) is 25. The van der Waals surface area contributed by atoms with Crippen LogP contribution in [0.4, 0.5) is 5.82 Å². The van der Waals surface area contributed by atoms with Gasteiger partial charge >= 0.3 is 23.9 Å². The van der Waals surface area contributed by atoms with Gasteiger partial charge in [0.05, 0.1) is 37.7 Å². The van der Waals surface area contributed by atoms with Crippen LogP contribution < -0.4 is 46.7 Å². The van der Waals surface area contributed by atoms with E-state index in [1.165, 1.54) is 51.1 Å². The molecular formula is C59H85N13O26S4. The second-order valence-corrected chi connectivity index (χ2v) is 30.2. The Morgan fingerprint density at radius 1 is 0.559 bits per heavy atom. The summed E-state index contributed by atoms with van der Waals surface area (Å²) in [5.41, 5.74) is 3.54. The molecule has 15 N–H and O–H groups in total. The summed E-state index contributed by atoms with van der Waals surface area (Å²) in [6.45, 7) is -0.658. The Morgan fingerprint density at radius 2 is 1.03 bits per heavy atom. The normalized spacial score (nSPS) is 15.9. The number of nitrogens with one attached hydrogen (secondary N) is 8. The number of rotatable bonds is 38. The molecule has 0 spiro atoms. The van der Waals surface area contributed by atoms with Crippen LogP contribution in [0, 0.1) is 13.8 Å². The minimum absolute atomic E-state index is 0.0140. The number of sulfonamides is 1. The number of nitrogens with zero attached hydrogens (tertiary/aromatic N) is 5. The van der Waals surface area contributed by atoms with Gasteiger partial charge in [0.2, 0.25) is 39.6 Å². The van der Waals surface area contributed by atoms with Gasteiger partial charge in [-0.25, -0.2) is 13.4 Å². The Bertz CT molecular complexity index is 3930. The number of aliphatic carboxylic acids is 4. The molecule has 1 unspecified atom stereocenters. The Hall–Kier alpha value is -8.63. The molecule has 1 fully saturated rings. The minimum atomic E-state index is -5.35.